The fourth-order valence-electron chi connectivity index (χ4n) is 4.09. The number of hydrogen-bond acceptors (Lipinski definition) is 4. The summed E-state index contributed by atoms with van der Waals surface area (Å²) in [7, 11) is 1.70. The van der Waals surface area contributed by atoms with Gasteiger partial charge in [0.05, 0.1) is 16.7 Å². The summed E-state index contributed by atoms with van der Waals surface area (Å²) in [5.41, 5.74) is 6.80. The van der Waals surface area contributed by atoms with Crippen molar-refractivity contribution in [3.8, 4) is 11.4 Å². The molecule has 0 unspecified atom stereocenters. The van der Waals surface area contributed by atoms with E-state index in [9.17, 15) is 4.79 Å². The van der Waals surface area contributed by atoms with Gasteiger partial charge in [-0.25, -0.2) is 4.68 Å². The minimum absolute atomic E-state index is 0.0627. The molecule has 0 radical (unpaired) electrons. The van der Waals surface area contributed by atoms with Gasteiger partial charge in [0.2, 0.25) is 0 Å². The molecule has 0 amide bonds. The summed E-state index contributed by atoms with van der Waals surface area (Å²) in [6.07, 6.45) is 2.27. The Morgan fingerprint density at radius 2 is 1.96 bits per heavy atom. The number of piperidine rings is 1. The maximum Gasteiger partial charge on any atom is 0.269 e. The quantitative estimate of drug-likeness (QED) is 0.747. The number of aromatic nitrogens is 4. The number of H-pyrrole nitrogens is 1. The van der Waals surface area contributed by atoms with E-state index in [2.05, 4.69) is 41.4 Å². The molecule has 27 heavy (non-hydrogen) atoms. The highest BCUT2D eigenvalue weighted by molar-refractivity contribution is 5.87. The summed E-state index contributed by atoms with van der Waals surface area (Å²) in [4.78, 5) is 20.6. The van der Waals surface area contributed by atoms with E-state index >= 15 is 0 Å². The number of aryl methyl sites for hydroxylation is 2. The molecule has 3 aromatic rings. The van der Waals surface area contributed by atoms with Crippen molar-refractivity contribution in [2.24, 2.45) is 7.05 Å². The Hall–Kier alpha value is -2.47. The van der Waals surface area contributed by atoms with E-state index in [1.165, 1.54) is 15.9 Å². The van der Waals surface area contributed by atoms with E-state index in [0.717, 1.165) is 48.4 Å². The van der Waals surface area contributed by atoms with Gasteiger partial charge in [-0.3, -0.25) is 9.78 Å². The molecule has 4 heterocycles. The molecule has 1 fully saturated rings. The zero-order valence-corrected chi connectivity index (χ0v) is 16.5. The maximum atomic E-state index is 12.0. The van der Waals surface area contributed by atoms with Crippen molar-refractivity contribution in [3.63, 3.8) is 0 Å². The summed E-state index contributed by atoms with van der Waals surface area (Å²) < 4.78 is 1.41. The summed E-state index contributed by atoms with van der Waals surface area (Å²) in [6.45, 7) is 8.31. The van der Waals surface area contributed by atoms with Crippen molar-refractivity contribution in [1.82, 2.24) is 25.1 Å². The van der Waals surface area contributed by atoms with Crippen LogP contribution in [0.2, 0.25) is 0 Å². The third-order valence-electron chi connectivity index (χ3n) is 5.53. The average Bonchev–Trinajstić information content (AvgIpc) is 3.05. The van der Waals surface area contributed by atoms with Crippen LogP contribution in [-0.4, -0.2) is 32.8 Å². The van der Waals surface area contributed by atoms with Crippen molar-refractivity contribution in [2.45, 2.75) is 45.4 Å². The molecule has 0 aliphatic carbocycles. The van der Waals surface area contributed by atoms with Crippen LogP contribution in [0.25, 0.3) is 22.4 Å². The van der Waals surface area contributed by atoms with E-state index in [1.807, 2.05) is 13.0 Å². The lowest BCUT2D eigenvalue weighted by Gasteiger charge is -2.22. The van der Waals surface area contributed by atoms with Crippen LogP contribution >= 0.6 is 0 Å². The zero-order chi connectivity index (χ0) is 19.1. The predicted octanol–water partition coefficient (Wildman–Crippen LogP) is 3.22. The van der Waals surface area contributed by atoms with Crippen LogP contribution in [0.1, 0.15) is 55.3 Å². The van der Waals surface area contributed by atoms with Crippen LogP contribution in [0, 0.1) is 6.92 Å². The first-order valence-electron chi connectivity index (χ1n) is 9.74. The SMILES string of the molecule is Cc1cc(-c2[nH]c3ccc(C4CCNCC4)nc3c2C(C)C)nn(C)c1=O. The van der Waals surface area contributed by atoms with Crippen molar-refractivity contribution < 1.29 is 0 Å². The number of pyridine rings is 1. The average molecular weight is 365 g/mol. The van der Waals surface area contributed by atoms with Crippen LogP contribution in [0.4, 0.5) is 0 Å². The molecule has 4 rings (SSSR count). The Bertz CT molecular complexity index is 1010. The Kier molecular flexibility index (Phi) is 4.60. The van der Waals surface area contributed by atoms with Crippen LogP contribution in [-0.2, 0) is 7.05 Å². The third-order valence-corrected chi connectivity index (χ3v) is 5.53. The van der Waals surface area contributed by atoms with E-state index < -0.39 is 0 Å². The molecule has 142 valence electrons. The number of rotatable bonds is 3. The number of nitrogens with zero attached hydrogens (tertiary/aromatic N) is 3. The first-order chi connectivity index (χ1) is 13.0. The zero-order valence-electron chi connectivity index (χ0n) is 16.5. The second-order valence-corrected chi connectivity index (χ2v) is 7.87. The first kappa shape index (κ1) is 17.9. The minimum Gasteiger partial charge on any atom is -0.352 e. The lowest BCUT2D eigenvalue weighted by molar-refractivity contribution is 0.454. The third kappa shape index (κ3) is 3.18. The highest BCUT2D eigenvalue weighted by atomic mass is 16.1. The van der Waals surface area contributed by atoms with Gasteiger partial charge in [0.25, 0.3) is 5.56 Å². The van der Waals surface area contributed by atoms with Crippen molar-refractivity contribution in [1.29, 1.82) is 0 Å². The second kappa shape index (κ2) is 6.93. The fourth-order valence-corrected chi connectivity index (χ4v) is 4.09. The van der Waals surface area contributed by atoms with Crippen LogP contribution in [0.3, 0.4) is 0 Å². The Morgan fingerprint density at radius 3 is 2.63 bits per heavy atom. The number of nitrogens with one attached hydrogen (secondary N) is 2. The predicted molar refractivity (Wildman–Crippen MR) is 108 cm³/mol. The number of aromatic amines is 1. The molecule has 0 bridgehead atoms. The van der Waals surface area contributed by atoms with Gasteiger partial charge in [0.1, 0.15) is 5.69 Å². The van der Waals surface area contributed by atoms with Gasteiger partial charge in [-0.1, -0.05) is 13.8 Å². The fraction of sp³-hybridized carbons (Fsp3) is 0.476. The molecular formula is C21H27N5O. The standard InChI is InChI=1S/C21H27N5O/c1-12(2)18-19-16(6-5-15(23-19)14-7-9-22-10-8-14)24-20(18)17-11-13(3)21(27)26(4)25-17/h5-6,11-12,14,22,24H,7-10H2,1-4H3. The minimum atomic E-state index is -0.0627. The van der Waals surface area contributed by atoms with Crippen LogP contribution < -0.4 is 10.9 Å². The molecule has 6 heteroatoms. The first-order valence-corrected chi connectivity index (χ1v) is 9.74. The molecule has 1 aliphatic heterocycles. The topological polar surface area (TPSA) is 75.6 Å². The number of hydrogen-bond donors (Lipinski definition) is 2. The molecule has 0 aromatic carbocycles. The molecule has 0 spiro atoms. The van der Waals surface area contributed by atoms with Gasteiger partial charge in [-0.15, -0.1) is 0 Å². The Labute approximate surface area is 159 Å². The van der Waals surface area contributed by atoms with Crippen molar-refractivity contribution in [3.05, 3.63) is 45.4 Å². The largest absolute Gasteiger partial charge is 0.352 e. The molecule has 3 aromatic heterocycles. The molecule has 0 atom stereocenters. The molecule has 6 nitrogen and oxygen atoms in total. The summed E-state index contributed by atoms with van der Waals surface area (Å²) in [5, 5.41) is 7.91. The van der Waals surface area contributed by atoms with Gasteiger partial charge in [0, 0.05) is 29.8 Å². The Balaban J connectivity index is 1.88. The Morgan fingerprint density at radius 1 is 1.22 bits per heavy atom. The highest BCUT2D eigenvalue weighted by Gasteiger charge is 2.22. The van der Waals surface area contributed by atoms with Crippen molar-refractivity contribution in [2.75, 3.05) is 13.1 Å². The van der Waals surface area contributed by atoms with Gasteiger partial charge in [-0.2, -0.15) is 5.10 Å². The maximum absolute atomic E-state index is 12.0. The molecule has 1 aliphatic rings. The monoisotopic (exact) mass is 365 g/mol. The normalized spacial score (nSPS) is 15.7. The number of fused-ring (bicyclic) bond motifs is 1. The molecule has 2 N–H and O–H groups in total. The van der Waals surface area contributed by atoms with Gasteiger partial charge in [0.15, 0.2) is 0 Å². The molecule has 1 saturated heterocycles. The lowest BCUT2D eigenvalue weighted by atomic mass is 9.93. The molecule has 0 saturated carbocycles. The van der Waals surface area contributed by atoms with E-state index in [0.29, 0.717) is 17.4 Å². The van der Waals surface area contributed by atoms with E-state index in [4.69, 9.17) is 4.98 Å². The van der Waals surface area contributed by atoms with Gasteiger partial charge >= 0.3 is 0 Å². The van der Waals surface area contributed by atoms with Gasteiger partial charge in [-0.05, 0) is 57.0 Å². The lowest BCUT2D eigenvalue weighted by Crippen LogP contribution is -2.27. The van der Waals surface area contributed by atoms with E-state index in [-0.39, 0.29) is 5.56 Å². The second-order valence-electron chi connectivity index (χ2n) is 7.87. The summed E-state index contributed by atoms with van der Waals surface area (Å²) in [5.74, 6) is 0.816. The summed E-state index contributed by atoms with van der Waals surface area (Å²) in [6, 6.07) is 6.17. The van der Waals surface area contributed by atoms with Crippen molar-refractivity contribution >= 4 is 11.0 Å². The van der Waals surface area contributed by atoms with Crippen LogP contribution in [0.15, 0.2) is 23.0 Å². The van der Waals surface area contributed by atoms with E-state index in [1.54, 1.807) is 7.05 Å². The highest BCUT2D eigenvalue weighted by Crippen LogP contribution is 2.35. The summed E-state index contributed by atoms with van der Waals surface area (Å²) >= 11 is 0. The molecular weight excluding hydrogens is 338 g/mol. The smallest absolute Gasteiger partial charge is 0.269 e. The van der Waals surface area contributed by atoms with Gasteiger partial charge < -0.3 is 10.3 Å². The van der Waals surface area contributed by atoms with Crippen LogP contribution in [0.5, 0.6) is 0 Å².